The zero-order valence-electron chi connectivity index (χ0n) is 9.43. The summed E-state index contributed by atoms with van der Waals surface area (Å²) in [5.74, 6) is -0.470. The molecule has 4 nitrogen and oxygen atoms in total. The van der Waals surface area contributed by atoms with Crippen LogP contribution in [0.5, 0.6) is 5.75 Å². The third kappa shape index (κ3) is 3.34. The maximum Gasteiger partial charge on any atom is 0.261 e. The molecule has 1 atom stereocenters. The molecule has 0 radical (unpaired) electrons. The number of benzene rings is 1. The predicted octanol–water partition coefficient (Wildman–Crippen LogP) is 2.17. The second-order valence-electron chi connectivity index (χ2n) is 4.07. The molecule has 1 saturated heterocycles. The predicted molar refractivity (Wildman–Crippen MR) is 63.9 cm³/mol. The molecule has 1 heterocycles. The summed E-state index contributed by atoms with van der Waals surface area (Å²) in [6, 6.07) is 3.33. The van der Waals surface area contributed by atoms with Gasteiger partial charge in [0.1, 0.15) is 0 Å². The average molecular weight is 295 g/mol. The van der Waals surface area contributed by atoms with Crippen LogP contribution in [-0.2, 0) is 13.8 Å². The van der Waals surface area contributed by atoms with Crippen LogP contribution in [-0.4, -0.2) is 28.2 Å². The second kappa shape index (κ2) is 5.42. The molecule has 1 aromatic rings. The van der Waals surface area contributed by atoms with Crippen molar-refractivity contribution in [3.8, 4) is 5.75 Å². The van der Waals surface area contributed by atoms with Crippen molar-refractivity contribution in [1.82, 2.24) is 0 Å². The van der Waals surface area contributed by atoms with E-state index in [9.17, 15) is 12.8 Å². The van der Waals surface area contributed by atoms with E-state index in [-0.39, 0.29) is 16.6 Å². The van der Waals surface area contributed by atoms with Crippen LogP contribution >= 0.6 is 10.7 Å². The zero-order chi connectivity index (χ0) is 13.2. The summed E-state index contributed by atoms with van der Waals surface area (Å²) < 4.78 is 46.0. The SMILES string of the molecule is O=S(=O)(Cl)c1ccc(OC[C@H]2CCOC2)c(F)c1. The summed E-state index contributed by atoms with van der Waals surface area (Å²) in [4.78, 5) is -0.279. The summed E-state index contributed by atoms with van der Waals surface area (Å²) in [6.45, 7) is 1.65. The molecule has 0 unspecified atom stereocenters. The van der Waals surface area contributed by atoms with Gasteiger partial charge in [-0.1, -0.05) is 0 Å². The Kier molecular flexibility index (Phi) is 4.09. The van der Waals surface area contributed by atoms with E-state index in [4.69, 9.17) is 20.2 Å². The maximum absolute atomic E-state index is 13.6. The molecule has 0 saturated carbocycles. The fourth-order valence-electron chi connectivity index (χ4n) is 1.67. The first kappa shape index (κ1) is 13.6. The number of rotatable bonds is 4. The van der Waals surface area contributed by atoms with Crippen molar-refractivity contribution >= 4 is 19.7 Å². The summed E-state index contributed by atoms with van der Waals surface area (Å²) in [5.41, 5.74) is 0. The minimum atomic E-state index is -3.92. The highest BCUT2D eigenvalue weighted by Crippen LogP contribution is 2.24. The van der Waals surface area contributed by atoms with Gasteiger partial charge in [-0.25, -0.2) is 12.8 Å². The molecule has 0 amide bonds. The molecule has 2 rings (SSSR count). The smallest absolute Gasteiger partial charge is 0.261 e. The molecule has 1 aromatic carbocycles. The minimum Gasteiger partial charge on any atom is -0.490 e. The second-order valence-corrected chi connectivity index (χ2v) is 6.64. The lowest BCUT2D eigenvalue weighted by atomic mass is 10.1. The van der Waals surface area contributed by atoms with Gasteiger partial charge < -0.3 is 9.47 Å². The third-order valence-electron chi connectivity index (χ3n) is 2.68. The Bertz CT molecular complexity index is 526. The highest BCUT2D eigenvalue weighted by molar-refractivity contribution is 8.13. The number of ether oxygens (including phenoxy) is 2. The van der Waals surface area contributed by atoms with E-state index in [0.29, 0.717) is 19.8 Å². The largest absolute Gasteiger partial charge is 0.490 e. The average Bonchev–Trinajstić information content (AvgIpc) is 2.79. The van der Waals surface area contributed by atoms with Crippen LogP contribution in [0.4, 0.5) is 4.39 Å². The van der Waals surface area contributed by atoms with Gasteiger partial charge in [-0.15, -0.1) is 0 Å². The zero-order valence-corrected chi connectivity index (χ0v) is 11.0. The van der Waals surface area contributed by atoms with Gasteiger partial charge in [0.25, 0.3) is 9.05 Å². The first-order chi connectivity index (χ1) is 8.47. The summed E-state index contributed by atoms with van der Waals surface area (Å²) in [6.07, 6.45) is 0.885. The third-order valence-corrected chi connectivity index (χ3v) is 4.03. The molecule has 1 aliphatic rings. The molecule has 1 fully saturated rings. The Balaban J connectivity index is 2.05. The van der Waals surface area contributed by atoms with Crippen molar-refractivity contribution in [3.63, 3.8) is 0 Å². The van der Waals surface area contributed by atoms with Gasteiger partial charge in [-0.2, -0.15) is 0 Å². The number of hydrogen-bond acceptors (Lipinski definition) is 4. The van der Waals surface area contributed by atoms with E-state index in [1.54, 1.807) is 0 Å². The van der Waals surface area contributed by atoms with E-state index in [2.05, 4.69) is 0 Å². The van der Waals surface area contributed by atoms with Gasteiger partial charge in [-0.3, -0.25) is 0 Å². The van der Waals surface area contributed by atoms with E-state index in [0.717, 1.165) is 12.5 Å². The van der Waals surface area contributed by atoms with Crippen LogP contribution in [0, 0.1) is 11.7 Å². The monoisotopic (exact) mass is 294 g/mol. The van der Waals surface area contributed by atoms with Crippen molar-refractivity contribution < 1.29 is 22.3 Å². The van der Waals surface area contributed by atoms with Crippen LogP contribution in [0.25, 0.3) is 0 Å². The number of halogens is 2. The molecule has 0 N–H and O–H groups in total. The highest BCUT2D eigenvalue weighted by Gasteiger charge is 2.18. The van der Waals surface area contributed by atoms with Gasteiger partial charge in [0.15, 0.2) is 11.6 Å². The van der Waals surface area contributed by atoms with Gasteiger partial charge >= 0.3 is 0 Å². The Hall–Kier alpha value is -0.850. The minimum absolute atomic E-state index is 0.0194. The first-order valence-corrected chi connectivity index (χ1v) is 7.72. The molecule has 0 aliphatic carbocycles. The van der Waals surface area contributed by atoms with Gasteiger partial charge in [0, 0.05) is 23.2 Å². The molecule has 1 aliphatic heterocycles. The fourth-order valence-corrected chi connectivity index (χ4v) is 2.44. The molecule has 0 aromatic heterocycles. The molecule has 100 valence electrons. The summed E-state index contributed by atoms with van der Waals surface area (Å²) >= 11 is 0. The van der Waals surface area contributed by atoms with Crippen molar-refractivity contribution in [2.45, 2.75) is 11.3 Å². The highest BCUT2D eigenvalue weighted by atomic mass is 35.7. The van der Waals surface area contributed by atoms with Gasteiger partial charge in [-0.05, 0) is 24.6 Å². The molecule has 0 bridgehead atoms. The molecular formula is C11H12ClFO4S. The summed E-state index contributed by atoms with van der Waals surface area (Å²) in [5, 5.41) is 0. The van der Waals surface area contributed by atoms with E-state index < -0.39 is 14.9 Å². The van der Waals surface area contributed by atoms with Gasteiger partial charge in [0.2, 0.25) is 0 Å². The normalized spacial score (nSPS) is 20.0. The van der Waals surface area contributed by atoms with E-state index in [1.807, 2.05) is 0 Å². The Morgan fingerprint density at radius 3 is 2.83 bits per heavy atom. The van der Waals surface area contributed by atoms with Crippen LogP contribution < -0.4 is 4.74 Å². The van der Waals surface area contributed by atoms with E-state index in [1.165, 1.54) is 12.1 Å². The topological polar surface area (TPSA) is 52.6 Å². The van der Waals surface area contributed by atoms with Crippen LogP contribution in [0.2, 0.25) is 0 Å². The quantitative estimate of drug-likeness (QED) is 0.799. The first-order valence-electron chi connectivity index (χ1n) is 5.41. The fraction of sp³-hybridized carbons (Fsp3) is 0.455. The van der Waals surface area contributed by atoms with Crippen LogP contribution in [0.15, 0.2) is 23.1 Å². The standard InChI is InChI=1S/C11H12ClFO4S/c12-18(14,15)9-1-2-11(10(13)5-9)17-7-8-3-4-16-6-8/h1-2,5,8H,3-4,6-7H2/t8-/m0/s1. The molecule has 7 heteroatoms. The van der Waals surface area contributed by atoms with Crippen molar-refractivity contribution in [2.24, 2.45) is 5.92 Å². The molecule has 0 spiro atoms. The Morgan fingerprint density at radius 2 is 2.28 bits per heavy atom. The molecular weight excluding hydrogens is 283 g/mol. The summed E-state index contributed by atoms with van der Waals surface area (Å²) in [7, 11) is 1.20. The van der Waals surface area contributed by atoms with Crippen molar-refractivity contribution in [1.29, 1.82) is 0 Å². The Labute approximate surface area is 109 Å². The number of hydrogen-bond donors (Lipinski definition) is 0. The van der Waals surface area contributed by atoms with Crippen LogP contribution in [0.3, 0.4) is 0 Å². The van der Waals surface area contributed by atoms with Crippen molar-refractivity contribution in [2.75, 3.05) is 19.8 Å². The lowest BCUT2D eigenvalue weighted by molar-refractivity contribution is 0.165. The van der Waals surface area contributed by atoms with Crippen molar-refractivity contribution in [3.05, 3.63) is 24.0 Å². The van der Waals surface area contributed by atoms with Gasteiger partial charge in [0.05, 0.1) is 18.1 Å². The van der Waals surface area contributed by atoms with Crippen LogP contribution in [0.1, 0.15) is 6.42 Å². The van der Waals surface area contributed by atoms with E-state index >= 15 is 0 Å². The lowest BCUT2D eigenvalue weighted by Gasteiger charge is -2.11. The lowest BCUT2D eigenvalue weighted by Crippen LogP contribution is -2.12. The Morgan fingerprint density at radius 1 is 1.50 bits per heavy atom. The maximum atomic E-state index is 13.6. The molecule has 18 heavy (non-hydrogen) atoms.